The summed E-state index contributed by atoms with van der Waals surface area (Å²) >= 11 is 0. The number of carbonyl (C=O) groups is 2. The van der Waals surface area contributed by atoms with Crippen LogP contribution in [0.3, 0.4) is 0 Å². The summed E-state index contributed by atoms with van der Waals surface area (Å²) in [6.07, 6.45) is -0.887. The lowest BCUT2D eigenvalue weighted by molar-refractivity contribution is -0.128. The van der Waals surface area contributed by atoms with E-state index in [1.54, 1.807) is 24.3 Å². The number of nitrogens with one attached hydrogen (secondary N) is 2. The highest BCUT2D eigenvalue weighted by molar-refractivity contribution is 5.97. The van der Waals surface area contributed by atoms with Gasteiger partial charge in [-0.1, -0.05) is 0 Å². The molecular weight excluding hydrogens is 414 g/mol. The van der Waals surface area contributed by atoms with E-state index >= 15 is 0 Å². The summed E-state index contributed by atoms with van der Waals surface area (Å²) in [5.41, 5.74) is 5.40. The van der Waals surface area contributed by atoms with Crippen molar-refractivity contribution >= 4 is 11.8 Å². The molecule has 1 atom stereocenters. The molecular formula is C23H27N3O6. The summed E-state index contributed by atoms with van der Waals surface area (Å²) < 4.78 is 22.4. The topological polar surface area (TPSA) is 119 Å². The molecule has 0 radical (unpaired) electrons. The quantitative estimate of drug-likeness (QED) is 0.544. The highest BCUT2D eigenvalue weighted by Gasteiger charge is 2.20. The van der Waals surface area contributed by atoms with Crippen molar-refractivity contribution in [3.05, 3.63) is 47.5 Å². The van der Waals surface area contributed by atoms with E-state index in [-0.39, 0.29) is 5.56 Å². The van der Waals surface area contributed by atoms with Crippen LogP contribution < -0.4 is 29.8 Å². The Bertz CT molecular complexity index is 942. The molecule has 0 aromatic heterocycles. The number of benzene rings is 2. The van der Waals surface area contributed by atoms with E-state index < -0.39 is 17.9 Å². The van der Waals surface area contributed by atoms with Crippen LogP contribution in [0.25, 0.3) is 0 Å². The van der Waals surface area contributed by atoms with Crippen LogP contribution in [0.4, 0.5) is 0 Å². The smallest absolute Gasteiger partial charge is 0.279 e. The van der Waals surface area contributed by atoms with Crippen LogP contribution in [0.5, 0.6) is 23.0 Å². The number of rotatable bonds is 10. The molecule has 0 fully saturated rings. The Labute approximate surface area is 187 Å². The Balaban J connectivity index is 2.07. The minimum absolute atomic E-state index is 0.223. The summed E-state index contributed by atoms with van der Waals surface area (Å²) in [7, 11) is 0. The predicted molar refractivity (Wildman–Crippen MR) is 117 cm³/mol. The van der Waals surface area contributed by atoms with Crippen molar-refractivity contribution in [2.45, 2.75) is 33.8 Å². The average Bonchev–Trinajstić information content (AvgIpc) is 2.79. The van der Waals surface area contributed by atoms with E-state index in [9.17, 15) is 9.59 Å². The first-order valence-electron chi connectivity index (χ1n) is 10.3. The van der Waals surface area contributed by atoms with Gasteiger partial charge in [0, 0.05) is 5.56 Å². The molecule has 9 nitrogen and oxygen atoms in total. The van der Waals surface area contributed by atoms with Gasteiger partial charge < -0.3 is 18.9 Å². The largest absolute Gasteiger partial charge is 0.490 e. The molecule has 0 heterocycles. The predicted octanol–water partition coefficient (Wildman–Crippen LogP) is 2.98. The zero-order valence-corrected chi connectivity index (χ0v) is 18.6. The SMILES string of the molecule is CCOc1cc(C(=O)NNC(=O)C(C)Oc2ccc(C#N)cc2)cc(OCC)c1OCC. The molecule has 2 amide bonds. The zero-order valence-electron chi connectivity index (χ0n) is 18.6. The molecule has 0 aliphatic heterocycles. The molecule has 2 aromatic rings. The minimum Gasteiger partial charge on any atom is -0.490 e. The van der Waals surface area contributed by atoms with Crippen LogP contribution in [0.15, 0.2) is 36.4 Å². The molecule has 170 valence electrons. The van der Waals surface area contributed by atoms with Crippen molar-refractivity contribution < 1.29 is 28.5 Å². The molecule has 9 heteroatoms. The van der Waals surface area contributed by atoms with Gasteiger partial charge in [0.15, 0.2) is 17.6 Å². The van der Waals surface area contributed by atoms with Crippen LogP contribution in [0, 0.1) is 11.3 Å². The van der Waals surface area contributed by atoms with Gasteiger partial charge in [-0.05, 0) is 64.1 Å². The van der Waals surface area contributed by atoms with Gasteiger partial charge in [0.1, 0.15) is 5.75 Å². The normalized spacial score (nSPS) is 11.0. The first kappa shape index (κ1) is 24.3. The Kier molecular flexibility index (Phi) is 9.17. The van der Waals surface area contributed by atoms with Gasteiger partial charge in [0.2, 0.25) is 5.75 Å². The molecule has 1 unspecified atom stereocenters. The zero-order chi connectivity index (χ0) is 23.5. The summed E-state index contributed by atoms with van der Waals surface area (Å²) in [4.78, 5) is 24.9. The number of hydrogen-bond donors (Lipinski definition) is 2. The van der Waals surface area contributed by atoms with E-state index in [4.69, 9.17) is 24.2 Å². The van der Waals surface area contributed by atoms with Gasteiger partial charge in [0.25, 0.3) is 11.8 Å². The number of amides is 2. The molecule has 0 spiro atoms. The molecule has 2 rings (SSSR count). The maximum atomic E-state index is 12.6. The van der Waals surface area contributed by atoms with Gasteiger partial charge in [-0.2, -0.15) is 5.26 Å². The Morgan fingerprint density at radius 2 is 1.50 bits per heavy atom. The van der Waals surface area contributed by atoms with Crippen molar-refractivity contribution in [1.82, 2.24) is 10.9 Å². The molecule has 32 heavy (non-hydrogen) atoms. The number of carbonyl (C=O) groups excluding carboxylic acids is 2. The summed E-state index contributed by atoms with van der Waals surface area (Å²) in [6, 6.07) is 11.4. The van der Waals surface area contributed by atoms with Crippen LogP contribution >= 0.6 is 0 Å². The maximum absolute atomic E-state index is 12.6. The van der Waals surface area contributed by atoms with E-state index in [1.165, 1.54) is 19.1 Å². The number of hydrazine groups is 1. The Morgan fingerprint density at radius 1 is 0.938 bits per heavy atom. The third-order valence-corrected chi connectivity index (χ3v) is 4.14. The summed E-state index contributed by atoms with van der Waals surface area (Å²) in [5.74, 6) is 0.467. The highest BCUT2D eigenvalue weighted by Crippen LogP contribution is 2.39. The fraction of sp³-hybridized carbons (Fsp3) is 0.348. The van der Waals surface area contributed by atoms with E-state index in [1.807, 2.05) is 26.8 Å². The second-order valence-electron chi connectivity index (χ2n) is 6.44. The second-order valence-corrected chi connectivity index (χ2v) is 6.44. The van der Waals surface area contributed by atoms with Crippen LogP contribution in [0.2, 0.25) is 0 Å². The van der Waals surface area contributed by atoms with Crippen molar-refractivity contribution in [1.29, 1.82) is 5.26 Å². The fourth-order valence-electron chi connectivity index (χ4n) is 2.68. The van der Waals surface area contributed by atoms with Crippen LogP contribution in [-0.2, 0) is 4.79 Å². The summed E-state index contributed by atoms with van der Waals surface area (Å²) in [5, 5.41) is 8.83. The van der Waals surface area contributed by atoms with Crippen LogP contribution in [-0.4, -0.2) is 37.7 Å². The highest BCUT2D eigenvalue weighted by atomic mass is 16.5. The lowest BCUT2D eigenvalue weighted by atomic mass is 10.1. The van der Waals surface area contributed by atoms with E-state index in [2.05, 4.69) is 10.9 Å². The minimum atomic E-state index is -0.887. The van der Waals surface area contributed by atoms with Gasteiger partial charge in [-0.3, -0.25) is 20.4 Å². The average molecular weight is 441 g/mol. The Hall–Kier alpha value is -3.93. The number of nitriles is 1. The van der Waals surface area contributed by atoms with E-state index in [0.29, 0.717) is 48.4 Å². The second kappa shape index (κ2) is 12.1. The Morgan fingerprint density at radius 3 is 2.00 bits per heavy atom. The first-order chi connectivity index (χ1) is 15.4. The van der Waals surface area contributed by atoms with E-state index in [0.717, 1.165) is 0 Å². The maximum Gasteiger partial charge on any atom is 0.279 e. The third-order valence-electron chi connectivity index (χ3n) is 4.14. The summed E-state index contributed by atoms with van der Waals surface area (Å²) in [6.45, 7) is 8.16. The molecule has 0 saturated heterocycles. The van der Waals surface area contributed by atoms with Gasteiger partial charge in [-0.25, -0.2) is 0 Å². The number of ether oxygens (including phenoxy) is 4. The fourth-order valence-corrected chi connectivity index (χ4v) is 2.68. The molecule has 0 saturated carbocycles. The van der Waals surface area contributed by atoms with Crippen molar-refractivity contribution in [2.75, 3.05) is 19.8 Å². The monoisotopic (exact) mass is 441 g/mol. The van der Waals surface area contributed by atoms with Crippen molar-refractivity contribution in [3.8, 4) is 29.1 Å². The lowest BCUT2D eigenvalue weighted by Gasteiger charge is -2.18. The molecule has 0 aliphatic rings. The van der Waals surface area contributed by atoms with Gasteiger partial charge in [-0.15, -0.1) is 0 Å². The van der Waals surface area contributed by atoms with Crippen molar-refractivity contribution in [3.63, 3.8) is 0 Å². The van der Waals surface area contributed by atoms with Crippen molar-refractivity contribution in [2.24, 2.45) is 0 Å². The third kappa shape index (κ3) is 6.54. The first-order valence-corrected chi connectivity index (χ1v) is 10.3. The number of nitrogens with zero attached hydrogens (tertiary/aromatic N) is 1. The molecule has 0 bridgehead atoms. The lowest BCUT2D eigenvalue weighted by Crippen LogP contribution is -2.47. The van der Waals surface area contributed by atoms with Gasteiger partial charge in [0.05, 0.1) is 31.5 Å². The standard InChI is InChI=1S/C23H27N3O6/c1-5-29-19-12-17(13-20(30-6-2)21(19)31-7-3)23(28)26-25-22(27)15(4)32-18-10-8-16(14-24)9-11-18/h8-13,15H,5-7H2,1-4H3,(H,25,27)(H,26,28). The molecule has 2 aromatic carbocycles. The number of hydrogen-bond acceptors (Lipinski definition) is 7. The van der Waals surface area contributed by atoms with Gasteiger partial charge >= 0.3 is 0 Å². The molecule has 0 aliphatic carbocycles. The van der Waals surface area contributed by atoms with Crippen LogP contribution in [0.1, 0.15) is 43.6 Å². The molecule has 2 N–H and O–H groups in total.